The summed E-state index contributed by atoms with van der Waals surface area (Å²) in [7, 11) is 0. The summed E-state index contributed by atoms with van der Waals surface area (Å²) in [5.74, 6) is 1.40. The average Bonchev–Trinajstić information content (AvgIpc) is 2.92. The van der Waals surface area contributed by atoms with Gasteiger partial charge in [-0.25, -0.2) is 0 Å². The molecular formula is C14H16N4O4. The van der Waals surface area contributed by atoms with E-state index in [-0.39, 0.29) is 18.0 Å². The van der Waals surface area contributed by atoms with Crippen LogP contribution in [0.15, 0.2) is 28.8 Å². The van der Waals surface area contributed by atoms with E-state index in [0.717, 1.165) is 0 Å². The van der Waals surface area contributed by atoms with Crippen LogP contribution in [-0.2, 0) is 11.2 Å². The van der Waals surface area contributed by atoms with E-state index in [1.165, 1.54) is 0 Å². The zero-order chi connectivity index (χ0) is 15.5. The summed E-state index contributed by atoms with van der Waals surface area (Å²) in [4.78, 5) is 16.1. The summed E-state index contributed by atoms with van der Waals surface area (Å²) in [6, 6.07) is 7.25. The van der Waals surface area contributed by atoms with Crippen molar-refractivity contribution in [3.63, 3.8) is 0 Å². The van der Waals surface area contributed by atoms with Crippen LogP contribution < -0.4 is 20.5 Å². The molecule has 1 amide bonds. The summed E-state index contributed by atoms with van der Waals surface area (Å²) in [5.41, 5.74) is 5.35. The zero-order valence-corrected chi connectivity index (χ0v) is 12.0. The van der Waals surface area contributed by atoms with Crippen LogP contribution in [0.3, 0.4) is 0 Å². The number of para-hydroxylation sites is 2. The van der Waals surface area contributed by atoms with Crippen molar-refractivity contribution in [2.75, 3.05) is 12.3 Å². The Morgan fingerprint density at radius 2 is 2.05 bits per heavy atom. The molecule has 0 fully saturated rings. The van der Waals surface area contributed by atoms with Crippen molar-refractivity contribution in [3.05, 3.63) is 30.2 Å². The van der Waals surface area contributed by atoms with E-state index in [1.54, 1.807) is 19.1 Å². The molecule has 0 aliphatic carbocycles. The number of fused-ring (bicyclic) bond motifs is 1. The molecule has 1 aromatic heterocycles. The van der Waals surface area contributed by atoms with Gasteiger partial charge in [-0.1, -0.05) is 12.1 Å². The Labute approximate surface area is 126 Å². The molecule has 1 aliphatic rings. The number of carbonyl (C=O) groups excluding carboxylic acids is 1. The fourth-order valence-electron chi connectivity index (χ4n) is 2.17. The first-order valence-corrected chi connectivity index (χ1v) is 6.91. The molecule has 0 unspecified atom stereocenters. The number of ether oxygens (including phenoxy) is 2. The Morgan fingerprint density at radius 1 is 1.32 bits per heavy atom. The fraction of sp³-hybridized carbons (Fsp3) is 0.357. The summed E-state index contributed by atoms with van der Waals surface area (Å²) in [5, 5.41) is 6.23. The van der Waals surface area contributed by atoms with Crippen molar-refractivity contribution >= 4 is 11.9 Å². The van der Waals surface area contributed by atoms with Gasteiger partial charge in [0.25, 0.3) is 11.9 Å². The van der Waals surface area contributed by atoms with Crippen molar-refractivity contribution in [1.82, 2.24) is 15.5 Å². The van der Waals surface area contributed by atoms with Crippen molar-refractivity contribution < 1.29 is 18.8 Å². The normalized spacial score (nSPS) is 19.7. The van der Waals surface area contributed by atoms with Gasteiger partial charge in [0.05, 0.1) is 0 Å². The maximum Gasteiger partial charge on any atom is 0.265 e. The minimum atomic E-state index is -0.706. The molecule has 0 saturated carbocycles. The summed E-state index contributed by atoms with van der Waals surface area (Å²) < 4.78 is 16.3. The van der Waals surface area contributed by atoms with Gasteiger partial charge >= 0.3 is 0 Å². The molecule has 22 heavy (non-hydrogen) atoms. The van der Waals surface area contributed by atoms with Crippen LogP contribution in [0.5, 0.6) is 11.5 Å². The second-order valence-electron chi connectivity index (χ2n) is 4.90. The molecular weight excluding hydrogens is 288 g/mol. The summed E-state index contributed by atoms with van der Waals surface area (Å²) >= 11 is 0. The van der Waals surface area contributed by atoms with Crippen LogP contribution in [-0.4, -0.2) is 34.8 Å². The third-order valence-electron chi connectivity index (χ3n) is 3.22. The van der Waals surface area contributed by atoms with Crippen LogP contribution in [0, 0.1) is 0 Å². The average molecular weight is 304 g/mol. The SMILES string of the molecule is C[C@@H]1Oc2ccccc2O[C@@H]1C(=O)NCCc1nc(N)no1. The van der Waals surface area contributed by atoms with E-state index in [1.807, 2.05) is 12.1 Å². The van der Waals surface area contributed by atoms with Gasteiger partial charge in [-0.05, 0) is 24.2 Å². The lowest BCUT2D eigenvalue weighted by Gasteiger charge is -2.30. The molecule has 116 valence electrons. The van der Waals surface area contributed by atoms with E-state index in [2.05, 4.69) is 15.5 Å². The Hall–Kier alpha value is -2.77. The Bertz CT molecular complexity index is 672. The smallest absolute Gasteiger partial charge is 0.265 e. The van der Waals surface area contributed by atoms with Crippen LogP contribution in [0.25, 0.3) is 0 Å². The Morgan fingerprint density at radius 3 is 2.73 bits per heavy atom. The summed E-state index contributed by atoms with van der Waals surface area (Å²) in [6.45, 7) is 2.13. The molecule has 3 N–H and O–H groups in total. The van der Waals surface area contributed by atoms with Crippen molar-refractivity contribution in [2.24, 2.45) is 0 Å². The predicted molar refractivity (Wildman–Crippen MR) is 76.4 cm³/mol. The van der Waals surface area contributed by atoms with Crippen LogP contribution in [0.2, 0.25) is 0 Å². The molecule has 0 spiro atoms. The Kier molecular flexibility index (Phi) is 3.82. The van der Waals surface area contributed by atoms with Gasteiger partial charge in [-0.3, -0.25) is 4.79 Å². The van der Waals surface area contributed by atoms with Gasteiger partial charge in [-0.2, -0.15) is 4.98 Å². The van der Waals surface area contributed by atoms with Gasteiger partial charge in [-0.15, -0.1) is 0 Å². The lowest BCUT2D eigenvalue weighted by molar-refractivity contribution is -0.133. The second-order valence-corrected chi connectivity index (χ2v) is 4.90. The maximum absolute atomic E-state index is 12.2. The van der Waals surface area contributed by atoms with Gasteiger partial charge in [0, 0.05) is 13.0 Å². The predicted octanol–water partition coefficient (Wildman–Crippen LogP) is 0.539. The number of nitrogen functional groups attached to an aromatic ring is 1. The standard InChI is InChI=1S/C14H16N4O4/c1-8-12(21-10-5-3-2-4-9(10)20-8)13(19)16-7-6-11-17-14(15)18-22-11/h2-5,8,12H,6-7H2,1H3,(H2,15,18)(H,16,19)/t8-,12-/m0/s1. The maximum atomic E-state index is 12.2. The van der Waals surface area contributed by atoms with Crippen LogP contribution >= 0.6 is 0 Å². The molecule has 0 radical (unpaired) electrons. The number of carbonyl (C=O) groups is 1. The zero-order valence-electron chi connectivity index (χ0n) is 12.0. The lowest BCUT2D eigenvalue weighted by atomic mass is 10.1. The quantitative estimate of drug-likeness (QED) is 0.847. The molecule has 0 saturated heterocycles. The number of benzene rings is 1. The molecule has 8 heteroatoms. The highest BCUT2D eigenvalue weighted by atomic mass is 16.6. The molecule has 8 nitrogen and oxygen atoms in total. The van der Waals surface area contributed by atoms with Crippen LogP contribution in [0.1, 0.15) is 12.8 Å². The van der Waals surface area contributed by atoms with E-state index >= 15 is 0 Å². The number of amides is 1. The monoisotopic (exact) mass is 304 g/mol. The van der Waals surface area contributed by atoms with Crippen molar-refractivity contribution in [1.29, 1.82) is 0 Å². The third kappa shape index (κ3) is 2.95. The molecule has 0 bridgehead atoms. The van der Waals surface area contributed by atoms with E-state index < -0.39 is 6.10 Å². The lowest BCUT2D eigenvalue weighted by Crippen LogP contribution is -2.49. The van der Waals surface area contributed by atoms with Gasteiger partial charge in [0.1, 0.15) is 6.10 Å². The third-order valence-corrected chi connectivity index (χ3v) is 3.22. The van der Waals surface area contributed by atoms with Crippen molar-refractivity contribution in [2.45, 2.75) is 25.6 Å². The van der Waals surface area contributed by atoms with Gasteiger partial charge in [0.2, 0.25) is 12.0 Å². The number of aromatic nitrogens is 2. The number of rotatable bonds is 4. The van der Waals surface area contributed by atoms with E-state index in [4.69, 9.17) is 19.7 Å². The topological polar surface area (TPSA) is 112 Å². The largest absolute Gasteiger partial charge is 0.482 e. The van der Waals surface area contributed by atoms with Gasteiger partial charge in [0.15, 0.2) is 11.5 Å². The minimum Gasteiger partial charge on any atom is -0.482 e. The van der Waals surface area contributed by atoms with Crippen molar-refractivity contribution in [3.8, 4) is 11.5 Å². The second kappa shape index (κ2) is 5.92. The number of nitrogens with zero attached hydrogens (tertiary/aromatic N) is 2. The van der Waals surface area contributed by atoms with E-state index in [9.17, 15) is 4.79 Å². The van der Waals surface area contributed by atoms with Gasteiger partial charge < -0.3 is 25.0 Å². The number of nitrogens with two attached hydrogens (primary N) is 1. The highest BCUT2D eigenvalue weighted by Crippen LogP contribution is 2.33. The molecule has 1 aliphatic heterocycles. The fourth-order valence-corrected chi connectivity index (χ4v) is 2.17. The number of hydrogen-bond donors (Lipinski definition) is 2. The summed E-state index contributed by atoms with van der Waals surface area (Å²) in [6.07, 6.45) is -0.689. The number of anilines is 1. The first kappa shape index (κ1) is 14.2. The molecule has 3 rings (SSSR count). The Balaban J connectivity index is 1.56. The molecule has 2 atom stereocenters. The number of nitrogens with one attached hydrogen (secondary N) is 1. The first-order valence-electron chi connectivity index (χ1n) is 6.91. The first-order chi connectivity index (χ1) is 10.6. The molecule has 2 heterocycles. The highest BCUT2D eigenvalue weighted by Gasteiger charge is 2.33. The minimum absolute atomic E-state index is 0.0792. The number of hydrogen-bond acceptors (Lipinski definition) is 7. The molecule has 1 aromatic carbocycles. The van der Waals surface area contributed by atoms with E-state index in [0.29, 0.717) is 30.4 Å². The van der Waals surface area contributed by atoms with Crippen LogP contribution in [0.4, 0.5) is 5.95 Å². The highest BCUT2D eigenvalue weighted by molar-refractivity contribution is 5.82. The molecule has 2 aromatic rings.